The van der Waals surface area contributed by atoms with Crippen LogP contribution in [0.1, 0.15) is 12.5 Å². The van der Waals surface area contributed by atoms with E-state index in [1.165, 1.54) is 11.3 Å². The Morgan fingerprint density at radius 2 is 2.00 bits per heavy atom. The number of hydrogen-bond acceptors (Lipinski definition) is 3. The van der Waals surface area contributed by atoms with Gasteiger partial charge in [0.2, 0.25) is 0 Å². The van der Waals surface area contributed by atoms with Crippen LogP contribution in [0.25, 0.3) is 10.2 Å². The molecule has 1 heterocycles. The lowest BCUT2D eigenvalue weighted by Gasteiger charge is -2.06. The second-order valence-corrected chi connectivity index (χ2v) is 6.90. The molecule has 0 radical (unpaired) electrons. The normalized spacial score (nSPS) is 12.0. The molecule has 130 valence electrons. The van der Waals surface area contributed by atoms with Gasteiger partial charge < -0.3 is 9.30 Å². The molecule has 2 aromatic carbocycles. The van der Waals surface area contributed by atoms with E-state index in [2.05, 4.69) is 4.99 Å². The Labute approximate surface area is 155 Å². The zero-order valence-electron chi connectivity index (χ0n) is 13.9. The van der Waals surface area contributed by atoms with Gasteiger partial charge in [-0.05, 0) is 24.6 Å². The van der Waals surface area contributed by atoms with Gasteiger partial charge in [0.25, 0.3) is 5.91 Å². The Balaban J connectivity index is 1.97. The molecule has 0 fully saturated rings. The Bertz CT molecular complexity index is 931. The SMILES string of the molecule is CCOCCn1c(=NC(=O)Cc2ccccc2)sc2cccc(Cl)c21. The fraction of sp³-hybridized carbons (Fsp3) is 0.263. The number of carbonyl (C=O) groups excluding carboxylic acids is 1. The van der Waals surface area contributed by atoms with Crippen molar-refractivity contribution in [2.45, 2.75) is 19.9 Å². The number of aromatic nitrogens is 1. The van der Waals surface area contributed by atoms with Gasteiger partial charge in [-0.1, -0.05) is 59.3 Å². The van der Waals surface area contributed by atoms with Crippen LogP contribution in [0.5, 0.6) is 0 Å². The van der Waals surface area contributed by atoms with Gasteiger partial charge in [0.05, 0.1) is 28.3 Å². The maximum Gasteiger partial charge on any atom is 0.252 e. The molecule has 0 saturated carbocycles. The fourth-order valence-corrected chi connectivity index (χ4v) is 4.03. The van der Waals surface area contributed by atoms with Crippen molar-refractivity contribution in [3.63, 3.8) is 0 Å². The first-order chi connectivity index (χ1) is 12.2. The summed E-state index contributed by atoms with van der Waals surface area (Å²) in [5, 5.41) is 0.655. The summed E-state index contributed by atoms with van der Waals surface area (Å²) in [5.74, 6) is -0.168. The largest absolute Gasteiger partial charge is 0.380 e. The third-order valence-corrected chi connectivity index (χ3v) is 5.08. The van der Waals surface area contributed by atoms with Crippen LogP contribution in [0.2, 0.25) is 5.02 Å². The lowest BCUT2D eigenvalue weighted by Crippen LogP contribution is -2.20. The monoisotopic (exact) mass is 374 g/mol. The minimum atomic E-state index is -0.168. The lowest BCUT2D eigenvalue weighted by molar-refractivity contribution is -0.117. The molecule has 0 saturated heterocycles. The maximum atomic E-state index is 12.4. The summed E-state index contributed by atoms with van der Waals surface area (Å²) in [5.41, 5.74) is 1.86. The van der Waals surface area contributed by atoms with Crippen LogP contribution in [-0.2, 0) is 22.5 Å². The molecule has 25 heavy (non-hydrogen) atoms. The summed E-state index contributed by atoms with van der Waals surface area (Å²) >= 11 is 7.84. The smallest absolute Gasteiger partial charge is 0.252 e. The number of hydrogen-bond donors (Lipinski definition) is 0. The number of benzene rings is 2. The molecule has 0 aliphatic carbocycles. The number of carbonyl (C=O) groups is 1. The summed E-state index contributed by atoms with van der Waals surface area (Å²) in [6.45, 7) is 3.76. The number of amides is 1. The summed E-state index contributed by atoms with van der Waals surface area (Å²) < 4.78 is 8.45. The number of ether oxygens (including phenoxy) is 1. The van der Waals surface area contributed by atoms with E-state index in [1.54, 1.807) is 0 Å². The van der Waals surface area contributed by atoms with Gasteiger partial charge in [-0.25, -0.2) is 0 Å². The van der Waals surface area contributed by atoms with Crippen molar-refractivity contribution in [3.05, 3.63) is 63.9 Å². The van der Waals surface area contributed by atoms with Gasteiger partial charge in [-0.3, -0.25) is 4.79 Å². The Kier molecular flexibility index (Phi) is 6.02. The molecule has 0 spiro atoms. The number of halogens is 1. The Morgan fingerprint density at radius 3 is 2.76 bits per heavy atom. The van der Waals surface area contributed by atoms with Crippen molar-refractivity contribution < 1.29 is 9.53 Å². The van der Waals surface area contributed by atoms with Crippen LogP contribution >= 0.6 is 22.9 Å². The fourth-order valence-electron chi connectivity index (χ4n) is 2.60. The number of para-hydroxylation sites is 1. The summed E-state index contributed by atoms with van der Waals surface area (Å²) in [6.07, 6.45) is 0.286. The van der Waals surface area contributed by atoms with Crippen molar-refractivity contribution in [3.8, 4) is 0 Å². The van der Waals surface area contributed by atoms with Gasteiger partial charge in [0.1, 0.15) is 0 Å². The third kappa shape index (κ3) is 4.37. The molecule has 4 nitrogen and oxygen atoms in total. The molecular formula is C19H19ClN2O2S. The van der Waals surface area contributed by atoms with E-state index in [9.17, 15) is 4.79 Å². The highest BCUT2D eigenvalue weighted by molar-refractivity contribution is 7.16. The minimum Gasteiger partial charge on any atom is -0.380 e. The second kappa shape index (κ2) is 8.43. The quantitative estimate of drug-likeness (QED) is 0.610. The van der Waals surface area contributed by atoms with Crippen LogP contribution in [0.4, 0.5) is 0 Å². The van der Waals surface area contributed by atoms with Crippen LogP contribution in [0, 0.1) is 0 Å². The molecule has 0 aliphatic rings. The van der Waals surface area contributed by atoms with Gasteiger partial charge in [-0.15, -0.1) is 0 Å². The van der Waals surface area contributed by atoms with Gasteiger partial charge >= 0.3 is 0 Å². The molecule has 1 amide bonds. The van der Waals surface area contributed by atoms with Crippen molar-refractivity contribution in [2.75, 3.05) is 13.2 Å². The first-order valence-corrected chi connectivity index (χ1v) is 9.35. The summed E-state index contributed by atoms with van der Waals surface area (Å²) in [4.78, 5) is 17.4. The molecule has 6 heteroatoms. The van der Waals surface area contributed by atoms with E-state index in [1.807, 2.05) is 60.0 Å². The van der Waals surface area contributed by atoms with Gasteiger partial charge in [0, 0.05) is 13.2 Å². The van der Waals surface area contributed by atoms with Crippen LogP contribution in [0.3, 0.4) is 0 Å². The van der Waals surface area contributed by atoms with E-state index >= 15 is 0 Å². The maximum absolute atomic E-state index is 12.4. The summed E-state index contributed by atoms with van der Waals surface area (Å²) in [7, 11) is 0. The van der Waals surface area contributed by atoms with E-state index in [4.69, 9.17) is 16.3 Å². The zero-order chi connectivity index (χ0) is 17.6. The van der Waals surface area contributed by atoms with Crippen LogP contribution in [-0.4, -0.2) is 23.7 Å². The summed E-state index contributed by atoms with van der Waals surface area (Å²) in [6, 6.07) is 15.4. The van der Waals surface area contributed by atoms with Crippen LogP contribution in [0.15, 0.2) is 53.5 Å². The lowest BCUT2D eigenvalue weighted by atomic mass is 10.1. The highest BCUT2D eigenvalue weighted by Crippen LogP contribution is 2.25. The van der Waals surface area contributed by atoms with Gasteiger partial charge in [0.15, 0.2) is 4.80 Å². The van der Waals surface area contributed by atoms with Gasteiger partial charge in [-0.2, -0.15) is 4.99 Å². The molecule has 0 unspecified atom stereocenters. The predicted octanol–water partition coefficient (Wildman–Crippen LogP) is 4.06. The molecule has 0 N–H and O–H groups in total. The molecule has 3 aromatic rings. The first kappa shape index (κ1) is 17.9. The first-order valence-electron chi connectivity index (χ1n) is 8.16. The molecule has 0 atom stereocenters. The Morgan fingerprint density at radius 1 is 1.20 bits per heavy atom. The number of fused-ring (bicyclic) bond motifs is 1. The average molecular weight is 375 g/mol. The molecular weight excluding hydrogens is 356 g/mol. The average Bonchev–Trinajstić information content (AvgIpc) is 2.94. The topological polar surface area (TPSA) is 43.6 Å². The van der Waals surface area contributed by atoms with Crippen molar-refractivity contribution in [1.29, 1.82) is 0 Å². The van der Waals surface area contributed by atoms with Crippen LogP contribution < -0.4 is 4.80 Å². The van der Waals surface area contributed by atoms with E-state index in [-0.39, 0.29) is 12.3 Å². The van der Waals surface area contributed by atoms with Crippen molar-refractivity contribution in [2.24, 2.45) is 4.99 Å². The predicted molar refractivity (Wildman–Crippen MR) is 102 cm³/mol. The molecule has 3 rings (SSSR count). The van der Waals surface area contributed by atoms with Crippen molar-refractivity contribution in [1.82, 2.24) is 4.57 Å². The minimum absolute atomic E-state index is 0.168. The van der Waals surface area contributed by atoms with E-state index in [0.717, 1.165) is 15.8 Å². The Hall–Kier alpha value is -1.95. The number of thiazole rings is 1. The number of rotatable bonds is 6. The third-order valence-electron chi connectivity index (χ3n) is 3.73. The zero-order valence-corrected chi connectivity index (χ0v) is 15.5. The van der Waals surface area contributed by atoms with Crippen molar-refractivity contribution >= 4 is 39.1 Å². The molecule has 1 aromatic heterocycles. The number of nitrogens with zero attached hydrogens (tertiary/aromatic N) is 2. The van der Waals surface area contributed by atoms with E-state index < -0.39 is 0 Å². The second-order valence-electron chi connectivity index (χ2n) is 5.49. The standard InChI is InChI=1S/C19H19ClN2O2S/c1-2-24-12-11-22-18-15(20)9-6-10-16(18)25-19(22)21-17(23)13-14-7-4-3-5-8-14/h3-10H,2,11-13H2,1H3. The molecule has 0 bridgehead atoms. The molecule has 0 aliphatic heterocycles. The van der Waals surface area contributed by atoms with E-state index in [0.29, 0.717) is 29.6 Å². The highest BCUT2D eigenvalue weighted by atomic mass is 35.5. The highest BCUT2D eigenvalue weighted by Gasteiger charge is 2.11.